The Kier molecular flexibility index (Phi) is 9.55. The SMILES string of the molecule is CC[C@]1(O)C[C@H]2CN(CCc3c([nH]c4ccc(F)cc34)[C@@](C(=O)OC)(c3cc4c(cc3OC)N(C)[C@H]3[C@@](O)(C(=O)OC)[C@H](OC(C)=O)[C@]5(CC)C=CCN6CC[C@]43[C@@H]65)C2)C1. The van der Waals surface area contributed by atoms with Crippen LogP contribution in [-0.2, 0) is 45.8 Å². The normalized spacial score (nSPS) is 36.6. The lowest BCUT2D eigenvalue weighted by Crippen LogP contribution is -2.81. The number of ether oxygens (including phenoxy) is 4. The fourth-order valence-corrected chi connectivity index (χ4v) is 13.5. The van der Waals surface area contributed by atoms with Crippen molar-refractivity contribution >= 4 is 34.5 Å². The highest BCUT2D eigenvalue weighted by molar-refractivity contribution is 5.95. The van der Waals surface area contributed by atoms with Crippen LogP contribution in [0.15, 0.2) is 42.5 Å². The number of carbonyl (C=O) groups excluding carboxylic acids is 3. The number of likely N-dealkylation sites (N-methyl/N-ethyl adjacent to an activating group) is 1. The monoisotopic (exact) mass is 828 g/mol. The summed E-state index contributed by atoms with van der Waals surface area (Å²) in [6, 6.07) is 7.22. The topological polar surface area (TPSA) is 154 Å². The van der Waals surface area contributed by atoms with Gasteiger partial charge in [-0.3, -0.25) is 19.4 Å². The van der Waals surface area contributed by atoms with E-state index in [4.69, 9.17) is 18.9 Å². The number of aromatic amines is 1. The molecule has 1 spiro atoms. The lowest BCUT2D eigenvalue weighted by atomic mass is 9.47. The van der Waals surface area contributed by atoms with E-state index in [-0.39, 0.29) is 18.4 Å². The van der Waals surface area contributed by atoms with Crippen LogP contribution in [0.3, 0.4) is 0 Å². The summed E-state index contributed by atoms with van der Waals surface area (Å²) in [5, 5.41) is 26.0. The van der Waals surface area contributed by atoms with Crippen molar-refractivity contribution in [1.29, 1.82) is 0 Å². The van der Waals surface area contributed by atoms with Gasteiger partial charge in [0.25, 0.3) is 0 Å². The molecule has 10 atom stereocenters. The van der Waals surface area contributed by atoms with Crippen LogP contribution in [0.25, 0.3) is 10.9 Å². The number of fused-ring (bicyclic) bond motifs is 6. The molecule has 1 unspecified atom stereocenters. The molecule has 2 aromatic carbocycles. The molecular formula is C46H57FN4O9. The first kappa shape index (κ1) is 40.9. The molecule has 1 saturated carbocycles. The molecule has 3 aromatic rings. The molecule has 3 N–H and O–H groups in total. The molecule has 14 heteroatoms. The Labute approximate surface area is 349 Å². The van der Waals surface area contributed by atoms with Gasteiger partial charge in [-0.1, -0.05) is 26.0 Å². The minimum atomic E-state index is -2.34. The number of anilines is 1. The number of esters is 3. The van der Waals surface area contributed by atoms with Crippen molar-refractivity contribution in [3.63, 3.8) is 0 Å². The maximum atomic E-state index is 15.3. The van der Waals surface area contributed by atoms with Crippen molar-refractivity contribution in [2.45, 2.75) is 99.5 Å². The van der Waals surface area contributed by atoms with Crippen LogP contribution in [0.1, 0.15) is 75.3 Å². The Bertz CT molecular complexity index is 2320. The molecule has 3 fully saturated rings. The summed E-state index contributed by atoms with van der Waals surface area (Å²) in [7, 11) is 6.00. The number of nitrogens with one attached hydrogen (secondary N) is 1. The number of aliphatic hydroxyl groups is 2. The van der Waals surface area contributed by atoms with Crippen LogP contribution in [0, 0.1) is 17.2 Å². The number of nitrogens with zero attached hydrogens (tertiary/aromatic N) is 3. The first-order valence-electron chi connectivity index (χ1n) is 21.3. The fraction of sp³-hybridized carbons (Fsp3) is 0.587. The standard InChI is InChI=1S/C46H57FN4O9/c1-8-42(55)22-27-23-45(40(53)58-6,36-29(13-17-50(24-27)25-42)30-19-28(47)11-12-33(30)48-36)32-20-31-34(21-35(32)57-5)49(4)38-44(31)15-18-51-16-10-14-43(9-2,37(44)51)39(60-26(3)52)46(38,56)41(54)59-7/h10-12,14,19-21,27,37-39,48,55-56H,8-9,13,15-18,22-25H2,1-7H3/t27-,37+,38-,39-,42+,43-,44-,45+,46+/m1/s1. The van der Waals surface area contributed by atoms with E-state index >= 15 is 9.18 Å². The van der Waals surface area contributed by atoms with Gasteiger partial charge in [0.1, 0.15) is 17.0 Å². The van der Waals surface area contributed by atoms with E-state index in [1.165, 1.54) is 33.3 Å². The molecule has 322 valence electrons. The second-order valence-electron chi connectivity index (χ2n) is 18.3. The van der Waals surface area contributed by atoms with Crippen LogP contribution < -0.4 is 9.64 Å². The van der Waals surface area contributed by atoms with Gasteiger partial charge in [0.2, 0.25) is 5.60 Å². The number of aromatic nitrogens is 1. The Morgan fingerprint density at radius 3 is 2.42 bits per heavy atom. The highest BCUT2D eigenvalue weighted by Gasteiger charge is 2.80. The smallest absolute Gasteiger partial charge is 0.344 e. The van der Waals surface area contributed by atoms with Crippen LogP contribution in [-0.4, -0.2) is 133 Å². The van der Waals surface area contributed by atoms with Gasteiger partial charge < -0.3 is 39.0 Å². The lowest BCUT2D eigenvalue weighted by molar-refractivity contribution is -0.228. The number of H-pyrrole nitrogens is 1. The molecule has 13 nitrogen and oxygen atoms in total. The van der Waals surface area contributed by atoms with Crippen molar-refractivity contribution in [1.82, 2.24) is 14.8 Å². The third kappa shape index (κ3) is 5.26. The summed E-state index contributed by atoms with van der Waals surface area (Å²) < 4.78 is 39.0. The Morgan fingerprint density at radius 1 is 0.967 bits per heavy atom. The van der Waals surface area contributed by atoms with Gasteiger partial charge in [0.15, 0.2) is 6.10 Å². The Morgan fingerprint density at radius 2 is 1.73 bits per heavy atom. The zero-order valence-corrected chi connectivity index (χ0v) is 35.6. The molecule has 9 rings (SSSR count). The number of hydrogen-bond donors (Lipinski definition) is 3. The van der Waals surface area contributed by atoms with Gasteiger partial charge in [-0.25, -0.2) is 9.18 Å². The minimum absolute atomic E-state index is 0.176. The molecule has 6 heterocycles. The molecule has 2 bridgehead atoms. The van der Waals surface area contributed by atoms with Gasteiger partial charge in [-0.2, -0.15) is 0 Å². The number of benzene rings is 2. The quantitative estimate of drug-likeness (QED) is 0.178. The molecule has 1 aliphatic carbocycles. The van der Waals surface area contributed by atoms with Crippen molar-refractivity contribution in [2.24, 2.45) is 11.3 Å². The summed E-state index contributed by atoms with van der Waals surface area (Å²) in [4.78, 5) is 52.9. The molecule has 0 amide bonds. The maximum absolute atomic E-state index is 15.3. The second-order valence-corrected chi connectivity index (χ2v) is 18.3. The third-order valence-corrected chi connectivity index (χ3v) is 15.7. The zero-order chi connectivity index (χ0) is 42.7. The fourth-order valence-electron chi connectivity index (χ4n) is 13.5. The number of carbonyl (C=O) groups is 3. The molecule has 0 radical (unpaired) electrons. The maximum Gasteiger partial charge on any atom is 0.344 e. The molecule has 1 aromatic heterocycles. The van der Waals surface area contributed by atoms with E-state index in [0.29, 0.717) is 98.4 Å². The number of hydrogen-bond acceptors (Lipinski definition) is 12. The van der Waals surface area contributed by atoms with Gasteiger partial charge >= 0.3 is 17.9 Å². The largest absolute Gasteiger partial charge is 0.496 e. The van der Waals surface area contributed by atoms with Gasteiger partial charge in [0.05, 0.1) is 33.0 Å². The molecule has 2 saturated heterocycles. The number of halogens is 1. The van der Waals surface area contributed by atoms with E-state index in [1.807, 2.05) is 50.1 Å². The summed E-state index contributed by atoms with van der Waals surface area (Å²) in [6.07, 6.45) is 5.41. The van der Waals surface area contributed by atoms with Crippen LogP contribution in [0.5, 0.6) is 5.75 Å². The third-order valence-electron chi connectivity index (χ3n) is 15.7. The highest BCUT2D eigenvalue weighted by Crippen LogP contribution is 2.68. The van der Waals surface area contributed by atoms with E-state index in [9.17, 15) is 19.8 Å². The lowest BCUT2D eigenvalue weighted by Gasteiger charge is -2.63. The molecular weight excluding hydrogens is 772 g/mol. The molecule has 60 heavy (non-hydrogen) atoms. The average Bonchev–Trinajstić information content (AvgIpc) is 3.89. The minimum Gasteiger partial charge on any atom is -0.496 e. The first-order chi connectivity index (χ1) is 28.6. The Hall–Kier alpha value is -4.50. The Balaban J connectivity index is 1.37. The number of rotatable bonds is 7. The molecule has 6 aliphatic rings. The highest BCUT2D eigenvalue weighted by atomic mass is 19.1. The summed E-state index contributed by atoms with van der Waals surface area (Å²) in [5.41, 5.74) is -2.77. The van der Waals surface area contributed by atoms with E-state index < -0.39 is 63.3 Å². The van der Waals surface area contributed by atoms with Crippen molar-refractivity contribution in [2.75, 3.05) is 66.0 Å². The number of methoxy groups -OCH3 is 3. The predicted molar refractivity (Wildman–Crippen MR) is 220 cm³/mol. The van der Waals surface area contributed by atoms with Crippen LogP contribution in [0.2, 0.25) is 0 Å². The molecule has 5 aliphatic heterocycles. The van der Waals surface area contributed by atoms with Crippen LogP contribution in [0.4, 0.5) is 10.1 Å². The first-order valence-corrected chi connectivity index (χ1v) is 21.3. The second kappa shape index (κ2) is 14.0. The zero-order valence-electron chi connectivity index (χ0n) is 35.6. The van der Waals surface area contributed by atoms with Gasteiger partial charge in [-0.15, -0.1) is 0 Å². The van der Waals surface area contributed by atoms with Crippen molar-refractivity contribution in [3.05, 3.63) is 70.7 Å². The van der Waals surface area contributed by atoms with E-state index in [1.54, 1.807) is 13.2 Å². The summed E-state index contributed by atoms with van der Waals surface area (Å²) in [5.74, 6) is -2.26. The van der Waals surface area contributed by atoms with Crippen molar-refractivity contribution in [3.8, 4) is 5.75 Å². The van der Waals surface area contributed by atoms with Gasteiger partial charge in [-0.05, 0) is 86.4 Å². The van der Waals surface area contributed by atoms with Crippen LogP contribution >= 0.6 is 0 Å². The summed E-state index contributed by atoms with van der Waals surface area (Å²) >= 11 is 0. The predicted octanol–water partition coefficient (Wildman–Crippen LogP) is 4.13. The average molecular weight is 829 g/mol. The number of piperidine rings is 1. The van der Waals surface area contributed by atoms with Gasteiger partial charge in [0, 0.05) is 90.9 Å². The van der Waals surface area contributed by atoms with E-state index in [2.05, 4.69) is 14.8 Å². The summed E-state index contributed by atoms with van der Waals surface area (Å²) in [6.45, 7) is 8.20. The van der Waals surface area contributed by atoms with E-state index in [0.717, 1.165) is 11.1 Å². The van der Waals surface area contributed by atoms with Crippen molar-refractivity contribution < 1.29 is 47.9 Å².